The molecule has 1 heterocycles. The Kier molecular flexibility index (Phi) is 3.28. The zero-order valence-electron chi connectivity index (χ0n) is 9.16. The van der Waals surface area contributed by atoms with Crippen molar-refractivity contribution in [2.75, 3.05) is 24.7 Å². The molecule has 1 fully saturated rings. The number of ether oxygens (including phenoxy) is 1. The van der Waals surface area contributed by atoms with Crippen LogP contribution in [0.15, 0.2) is 0 Å². The minimum absolute atomic E-state index is 0.243. The van der Waals surface area contributed by atoms with E-state index >= 15 is 0 Å². The third-order valence-electron chi connectivity index (χ3n) is 2.88. The number of hydrogen-bond acceptors (Lipinski definition) is 6. The lowest BCUT2D eigenvalue weighted by Crippen LogP contribution is -2.21. The molecule has 0 bridgehead atoms. The van der Waals surface area contributed by atoms with Gasteiger partial charge in [-0.15, -0.1) is 0 Å². The quantitative estimate of drug-likeness (QED) is 0.785. The Bertz CT molecular complexity index is 387. The highest BCUT2D eigenvalue weighted by atomic mass is 32.1. The summed E-state index contributed by atoms with van der Waals surface area (Å²) in [5, 5.41) is 3.95. The van der Waals surface area contributed by atoms with Gasteiger partial charge in [-0.3, -0.25) is 0 Å². The number of nitrogens with zero attached hydrogens (tertiary/aromatic N) is 1. The van der Waals surface area contributed by atoms with E-state index in [9.17, 15) is 4.79 Å². The zero-order valence-corrected chi connectivity index (χ0v) is 9.97. The second-order valence-electron chi connectivity index (χ2n) is 3.94. The van der Waals surface area contributed by atoms with Crippen molar-refractivity contribution < 1.29 is 9.53 Å². The molecule has 1 aliphatic rings. The third kappa shape index (κ3) is 2.11. The Labute approximate surface area is 98.1 Å². The van der Waals surface area contributed by atoms with E-state index in [0.717, 1.165) is 11.5 Å². The van der Waals surface area contributed by atoms with Crippen molar-refractivity contribution in [1.29, 1.82) is 0 Å². The highest BCUT2D eigenvalue weighted by Crippen LogP contribution is 2.30. The van der Waals surface area contributed by atoms with Crippen LogP contribution in [0.4, 0.5) is 10.8 Å². The molecule has 0 unspecified atom stereocenters. The summed E-state index contributed by atoms with van der Waals surface area (Å²) in [4.78, 5) is 11.5. The summed E-state index contributed by atoms with van der Waals surface area (Å²) in [6.07, 6.45) is 3.82. The molecule has 2 rings (SSSR count). The first-order valence-electron chi connectivity index (χ1n) is 5.29. The number of aromatic nitrogens is 1. The van der Waals surface area contributed by atoms with Gasteiger partial charge in [-0.25, -0.2) is 4.79 Å². The predicted molar refractivity (Wildman–Crippen MR) is 63.7 cm³/mol. The van der Waals surface area contributed by atoms with Crippen molar-refractivity contribution in [3.05, 3.63) is 5.56 Å². The zero-order chi connectivity index (χ0) is 11.5. The molecule has 16 heavy (non-hydrogen) atoms. The molecular weight excluding hydrogens is 226 g/mol. The minimum atomic E-state index is -0.428. The number of carbonyl (C=O) groups excluding carboxylic acids is 1. The number of nitrogen functional groups attached to an aromatic ring is 1. The summed E-state index contributed by atoms with van der Waals surface area (Å²) in [5.74, 6) is 0.532. The SMILES string of the molecule is COC(=O)c1c(N)nsc1NCC1CCC1. The van der Waals surface area contributed by atoms with Gasteiger partial charge in [0.15, 0.2) is 5.82 Å². The number of nitrogens with one attached hydrogen (secondary N) is 1. The number of anilines is 2. The van der Waals surface area contributed by atoms with Gasteiger partial charge >= 0.3 is 5.97 Å². The van der Waals surface area contributed by atoms with Gasteiger partial charge in [0.25, 0.3) is 0 Å². The second kappa shape index (κ2) is 4.69. The van der Waals surface area contributed by atoms with Gasteiger partial charge in [-0.05, 0) is 30.3 Å². The van der Waals surface area contributed by atoms with Crippen LogP contribution in [0.1, 0.15) is 29.6 Å². The van der Waals surface area contributed by atoms with Crippen LogP contribution in [0, 0.1) is 5.92 Å². The monoisotopic (exact) mass is 241 g/mol. The molecule has 0 saturated heterocycles. The Morgan fingerprint density at radius 1 is 1.69 bits per heavy atom. The molecular formula is C10H15N3O2S. The summed E-state index contributed by atoms with van der Waals surface area (Å²) < 4.78 is 8.63. The molecule has 0 radical (unpaired) electrons. The van der Waals surface area contributed by atoms with Crippen LogP contribution >= 0.6 is 11.5 Å². The summed E-state index contributed by atoms with van der Waals surface area (Å²) in [6.45, 7) is 0.881. The second-order valence-corrected chi connectivity index (χ2v) is 4.71. The number of nitrogens with two attached hydrogens (primary N) is 1. The van der Waals surface area contributed by atoms with E-state index in [1.807, 2.05) is 0 Å². The number of carbonyl (C=O) groups is 1. The first kappa shape index (κ1) is 11.2. The van der Waals surface area contributed by atoms with Crippen molar-refractivity contribution >= 4 is 28.3 Å². The van der Waals surface area contributed by atoms with Crippen molar-refractivity contribution in [2.45, 2.75) is 19.3 Å². The minimum Gasteiger partial charge on any atom is -0.465 e. The van der Waals surface area contributed by atoms with Crippen LogP contribution < -0.4 is 11.1 Å². The van der Waals surface area contributed by atoms with Crippen molar-refractivity contribution in [3.63, 3.8) is 0 Å². The molecule has 0 aromatic carbocycles. The topological polar surface area (TPSA) is 77.2 Å². The van der Waals surface area contributed by atoms with Gasteiger partial charge < -0.3 is 15.8 Å². The van der Waals surface area contributed by atoms with E-state index in [0.29, 0.717) is 11.5 Å². The lowest BCUT2D eigenvalue weighted by molar-refractivity contribution is 0.0603. The molecule has 88 valence electrons. The summed E-state index contributed by atoms with van der Waals surface area (Å²) >= 11 is 1.21. The van der Waals surface area contributed by atoms with Crippen molar-refractivity contribution in [2.24, 2.45) is 5.92 Å². The van der Waals surface area contributed by atoms with Crippen molar-refractivity contribution in [1.82, 2.24) is 4.37 Å². The van der Waals surface area contributed by atoms with Crippen LogP contribution in [0.25, 0.3) is 0 Å². The molecule has 3 N–H and O–H groups in total. The highest BCUT2D eigenvalue weighted by Gasteiger charge is 2.22. The normalized spacial score (nSPS) is 15.6. The molecule has 1 aromatic rings. The Hall–Kier alpha value is -1.30. The van der Waals surface area contributed by atoms with Gasteiger partial charge in [0, 0.05) is 6.54 Å². The lowest BCUT2D eigenvalue weighted by Gasteiger charge is -2.25. The van der Waals surface area contributed by atoms with E-state index in [2.05, 4.69) is 14.4 Å². The fourth-order valence-corrected chi connectivity index (χ4v) is 2.36. The van der Waals surface area contributed by atoms with Gasteiger partial charge in [0.1, 0.15) is 10.6 Å². The Balaban J connectivity index is 2.04. The van der Waals surface area contributed by atoms with E-state index in [4.69, 9.17) is 5.73 Å². The number of methoxy groups -OCH3 is 1. The van der Waals surface area contributed by atoms with Crippen molar-refractivity contribution in [3.8, 4) is 0 Å². The fraction of sp³-hybridized carbons (Fsp3) is 0.600. The van der Waals surface area contributed by atoms with Gasteiger partial charge in [0.2, 0.25) is 0 Å². The first-order valence-corrected chi connectivity index (χ1v) is 6.07. The summed E-state index contributed by atoms with van der Waals surface area (Å²) in [6, 6.07) is 0. The molecule has 0 aliphatic heterocycles. The largest absolute Gasteiger partial charge is 0.465 e. The van der Waals surface area contributed by atoms with E-state index < -0.39 is 5.97 Å². The summed E-state index contributed by atoms with van der Waals surface area (Å²) in [7, 11) is 1.34. The number of esters is 1. The average Bonchev–Trinajstić information content (AvgIpc) is 2.57. The number of hydrogen-bond donors (Lipinski definition) is 2. The van der Waals surface area contributed by atoms with Gasteiger partial charge in [-0.1, -0.05) is 6.42 Å². The van der Waals surface area contributed by atoms with Gasteiger partial charge in [0.05, 0.1) is 7.11 Å². The molecule has 0 spiro atoms. The van der Waals surface area contributed by atoms with Crippen LogP contribution in [-0.4, -0.2) is 24.0 Å². The Morgan fingerprint density at radius 3 is 3.00 bits per heavy atom. The molecule has 0 amide bonds. The van der Waals surface area contributed by atoms with Crippen LogP contribution in [0.2, 0.25) is 0 Å². The smallest absolute Gasteiger partial charge is 0.344 e. The average molecular weight is 241 g/mol. The highest BCUT2D eigenvalue weighted by molar-refractivity contribution is 7.11. The van der Waals surface area contributed by atoms with Crippen LogP contribution in [0.5, 0.6) is 0 Å². The van der Waals surface area contributed by atoms with E-state index in [1.54, 1.807) is 0 Å². The molecule has 5 nitrogen and oxygen atoms in total. The predicted octanol–water partition coefficient (Wildman–Crippen LogP) is 1.72. The molecule has 6 heteroatoms. The third-order valence-corrected chi connectivity index (χ3v) is 3.70. The standard InChI is InChI=1S/C10H15N3O2S/c1-15-10(14)7-8(11)13-16-9(7)12-5-6-3-2-4-6/h6,12H,2-5H2,1H3,(H2,11,13). The Morgan fingerprint density at radius 2 is 2.44 bits per heavy atom. The maximum atomic E-state index is 11.5. The molecule has 0 atom stereocenters. The first-order chi connectivity index (χ1) is 7.72. The summed E-state index contributed by atoms with van der Waals surface area (Å²) in [5.41, 5.74) is 6.00. The number of rotatable bonds is 4. The molecule has 1 aromatic heterocycles. The van der Waals surface area contributed by atoms with E-state index in [-0.39, 0.29) is 5.82 Å². The van der Waals surface area contributed by atoms with Crippen LogP contribution in [0.3, 0.4) is 0 Å². The van der Waals surface area contributed by atoms with Gasteiger partial charge in [-0.2, -0.15) is 4.37 Å². The van der Waals surface area contributed by atoms with E-state index in [1.165, 1.54) is 37.9 Å². The molecule has 1 aliphatic carbocycles. The maximum Gasteiger partial charge on any atom is 0.344 e. The lowest BCUT2D eigenvalue weighted by atomic mass is 9.85. The van der Waals surface area contributed by atoms with Crippen LogP contribution in [-0.2, 0) is 4.74 Å². The fourth-order valence-electron chi connectivity index (χ4n) is 1.66. The molecule has 1 saturated carbocycles. The maximum absolute atomic E-state index is 11.5.